The van der Waals surface area contributed by atoms with E-state index in [9.17, 15) is 14.4 Å². The van der Waals surface area contributed by atoms with Gasteiger partial charge in [-0.2, -0.15) is 0 Å². The first kappa shape index (κ1) is 24.0. The van der Waals surface area contributed by atoms with Crippen molar-refractivity contribution in [1.82, 2.24) is 5.32 Å². The number of methoxy groups -OCH3 is 1. The Hall–Kier alpha value is -3.61. The second kappa shape index (κ2) is 12.4. The number of amides is 1. The zero-order valence-electron chi connectivity index (χ0n) is 18.7. The van der Waals surface area contributed by atoms with Gasteiger partial charge in [0.05, 0.1) is 13.5 Å². The highest BCUT2D eigenvalue weighted by Crippen LogP contribution is 2.21. The van der Waals surface area contributed by atoms with Crippen LogP contribution in [0.25, 0.3) is 6.08 Å². The number of nitrogens with one attached hydrogen (secondary N) is 1. The molecular weight excluding hydrogens is 422 g/mol. The monoisotopic (exact) mass is 451 g/mol. The molecule has 2 aromatic carbocycles. The number of carbonyl (C=O) groups is 3. The Balaban J connectivity index is 1.61. The Bertz CT molecular complexity index is 949. The largest absolute Gasteiger partial charge is 0.497 e. The minimum absolute atomic E-state index is 0.00667. The summed E-state index contributed by atoms with van der Waals surface area (Å²) >= 11 is 0. The summed E-state index contributed by atoms with van der Waals surface area (Å²) in [6.07, 6.45) is 6.23. The van der Waals surface area contributed by atoms with Crippen LogP contribution in [0.2, 0.25) is 0 Å². The Morgan fingerprint density at radius 2 is 1.73 bits per heavy atom. The van der Waals surface area contributed by atoms with Gasteiger partial charge < -0.3 is 19.5 Å². The van der Waals surface area contributed by atoms with Gasteiger partial charge in [0.2, 0.25) is 5.91 Å². The Labute approximate surface area is 193 Å². The zero-order valence-corrected chi connectivity index (χ0v) is 18.7. The lowest BCUT2D eigenvalue weighted by atomic mass is 10.2. The van der Waals surface area contributed by atoms with Crippen molar-refractivity contribution >= 4 is 23.9 Å². The predicted molar refractivity (Wildman–Crippen MR) is 123 cm³/mol. The van der Waals surface area contributed by atoms with Crippen molar-refractivity contribution in [2.75, 3.05) is 7.11 Å². The molecule has 1 aliphatic carbocycles. The molecule has 1 atom stereocenters. The summed E-state index contributed by atoms with van der Waals surface area (Å²) in [4.78, 5) is 37.6. The molecule has 33 heavy (non-hydrogen) atoms. The van der Waals surface area contributed by atoms with Crippen molar-refractivity contribution in [3.63, 3.8) is 0 Å². The molecule has 7 heteroatoms. The van der Waals surface area contributed by atoms with E-state index < -0.39 is 23.9 Å². The van der Waals surface area contributed by atoms with Crippen molar-refractivity contribution in [2.24, 2.45) is 0 Å². The van der Waals surface area contributed by atoms with Crippen LogP contribution in [0.4, 0.5) is 0 Å². The van der Waals surface area contributed by atoms with Gasteiger partial charge in [0, 0.05) is 6.08 Å². The molecule has 3 rings (SSSR count). The van der Waals surface area contributed by atoms with Crippen molar-refractivity contribution in [3.05, 3.63) is 71.8 Å². The number of carbonyl (C=O) groups excluding carboxylic acids is 3. The quantitative estimate of drug-likeness (QED) is 0.436. The molecule has 0 spiro atoms. The second-order valence-electron chi connectivity index (χ2n) is 7.86. The average molecular weight is 452 g/mol. The molecule has 0 aliphatic heterocycles. The zero-order chi connectivity index (χ0) is 23.5. The normalized spacial score (nSPS) is 14.6. The molecule has 0 unspecified atom stereocenters. The van der Waals surface area contributed by atoms with E-state index >= 15 is 0 Å². The van der Waals surface area contributed by atoms with Crippen LogP contribution in [0.1, 0.15) is 43.2 Å². The maximum absolute atomic E-state index is 12.7. The molecular formula is C26H29NO6. The van der Waals surface area contributed by atoms with Crippen molar-refractivity contribution in [1.29, 1.82) is 0 Å². The van der Waals surface area contributed by atoms with E-state index in [0.29, 0.717) is 5.75 Å². The van der Waals surface area contributed by atoms with E-state index in [2.05, 4.69) is 5.32 Å². The first-order valence-corrected chi connectivity index (χ1v) is 11.1. The van der Waals surface area contributed by atoms with E-state index in [1.165, 1.54) is 6.08 Å². The molecule has 0 radical (unpaired) electrons. The molecule has 2 aromatic rings. The maximum Gasteiger partial charge on any atom is 0.329 e. The lowest BCUT2D eigenvalue weighted by molar-refractivity contribution is -0.156. The third-order valence-electron chi connectivity index (χ3n) is 5.34. The van der Waals surface area contributed by atoms with Crippen LogP contribution < -0.4 is 10.1 Å². The van der Waals surface area contributed by atoms with E-state index in [1.807, 2.05) is 30.3 Å². The average Bonchev–Trinajstić information content (AvgIpc) is 3.34. The molecule has 1 saturated carbocycles. The Morgan fingerprint density at radius 1 is 1.03 bits per heavy atom. The van der Waals surface area contributed by atoms with E-state index in [1.54, 1.807) is 37.5 Å². The first-order valence-electron chi connectivity index (χ1n) is 11.1. The Kier molecular flexibility index (Phi) is 9.06. The number of ether oxygens (including phenoxy) is 3. The summed E-state index contributed by atoms with van der Waals surface area (Å²) in [7, 11) is 1.57. The van der Waals surface area contributed by atoms with Gasteiger partial charge in [-0.1, -0.05) is 42.5 Å². The van der Waals surface area contributed by atoms with Crippen molar-refractivity contribution in [2.45, 2.75) is 50.9 Å². The van der Waals surface area contributed by atoms with Gasteiger partial charge in [-0.05, 0) is 55.0 Å². The minimum Gasteiger partial charge on any atom is -0.497 e. The summed E-state index contributed by atoms with van der Waals surface area (Å²) < 4.78 is 15.9. The molecule has 0 heterocycles. The summed E-state index contributed by atoms with van der Waals surface area (Å²) in [5.41, 5.74) is 1.60. The Morgan fingerprint density at radius 3 is 2.39 bits per heavy atom. The van der Waals surface area contributed by atoms with E-state index in [4.69, 9.17) is 14.2 Å². The van der Waals surface area contributed by atoms with Gasteiger partial charge in [-0.25, -0.2) is 4.79 Å². The SMILES string of the molecule is COc1ccc(COC(=O)[C@H](CC(=O)OC2CCCC2)NC(=O)/C=C/c2ccccc2)cc1. The van der Waals surface area contributed by atoms with Gasteiger partial charge in [-0.3, -0.25) is 9.59 Å². The molecule has 1 aliphatic rings. The third-order valence-corrected chi connectivity index (χ3v) is 5.34. The number of esters is 2. The van der Waals surface area contributed by atoms with Gasteiger partial charge in [-0.15, -0.1) is 0 Å². The molecule has 0 aromatic heterocycles. The molecule has 1 amide bonds. The fourth-order valence-electron chi connectivity index (χ4n) is 3.53. The fourth-order valence-corrected chi connectivity index (χ4v) is 3.53. The topological polar surface area (TPSA) is 90.9 Å². The van der Waals surface area contributed by atoms with Gasteiger partial charge in [0.15, 0.2) is 0 Å². The molecule has 0 bridgehead atoms. The van der Waals surface area contributed by atoms with Gasteiger partial charge in [0.25, 0.3) is 0 Å². The number of rotatable bonds is 10. The highest BCUT2D eigenvalue weighted by Gasteiger charge is 2.28. The van der Waals surface area contributed by atoms with E-state index in [0.717, 1.165) is 36.8 Å². The van der Waals surface area contributed by atoms with Crippen molar-refractivity contribution in [3.8, 4) is 5.75 Å². The molecule has 0 saturated heterocycles. The van der Waals surface area contributed by atoms with Crippen LogP contribution in [-0.2, 0) is 30.5 Å². The van der Waals surface area contributed by atoms with Crippen LogP contribution in [-0.4, -0.2) is 37.1 Å². The summed E-state index contributed by atoms with van der Waals surface area (Å²) in [5.74, 6) is -1.04. The van der Waals surface area contributed by atoms with Crippen LogP contribution >= 0.6 is 0 Å². The highest BCUT2D eigenvalue weighted by molar-refractivity contribution is 5.95. The highest BCUT2D eigenvalue weighted by atomic mass is 16.5. The van der Waals surface area contributed by atoms with Gasteiger partial charge in [0.1, 0.15) is 24.5 Å². The van der Waals surface area contributed by atoms with Crippen LogP contribution in [0.3, 0.4) is 0 Å². The fraction of sp³-hybridized carbons (Fsp3) is 0.346. The molecule has 1 N–H and O–H groups in total. The molecule has 7 nitrogen and oxygen atoms in total. The summed E-state index contributed by atoms with van der Waals surface area (Å²) in [6, 6.07) is 15.2. The van der Waals surface area contributed by atoms with Crippen LogP contribution in [0, 0.1) is 0 Å². The second-order valence-corrected chi connectivity index (χ2v) is 7.86. The van der Waals surface area contributed by atoms with Crippen LogP contribution in [0.15, 0.2) is 60.7 Å². The summed E-state index contributed by atoms with van der Waals surface area (Å²) in [6.45, 7) is 0.00667. The van der Waals surface area contributed by atoms with Gasteiger partial charge >= 0.3 is 11.9 Å². The standard InChI is InChI=1S/C26H29NO6/c1-31-21-14-11-20(12-15-21)18-32-26(30)23(17-25(29)33-22-9-5-6-10-22)27-24(28)16-13-19-7-3-2-4-8-19/h2-4,7-8,11-16,22-23H,5-6,9-10,17-18H2,1H3,(H,27,28)/b16-13+/t23-/m0/s1. The molecule has 1 fully saturated rings. The lowest BCUT2D eigenvalue weighted by Gasteiger charge is -2.18. The smallest absolute Gasteiger partial charge is 0.329 e. The van der Waals surface area contributed by atoms with E-state index in [-0.39, 0.29) is 19.1 Å². The molecule has 174 valence electrons. The third kappa shape index (κ3) is 8.11. The minimum atomic E-state index is -1.15. The number of benzene rings is 2. The summed E-state index contributed by atoms with van der Waals surface area (Å²) in [5, 5.41) is 2.58. The number of hydrogen-bond acceptors (Lipinski definition) is 6. The first-order chi connectivity index (χ1) is 16.0. The van der Waals surface area contributed by atoms with Crippen LogP contribution in [0.5, 0.6) is 5.75 Å². The lowest BCUT2D eigenvalue weighted by Crippen LogP contribution is -2.43. The predicted octanol–water partition coefficient (Wildman–Crippen LogP) is 3.81. The number of hydrogen-bond donors (Lipinski definition) is 1. The van der Waals surface area contributed by atoms with Crippen molar-refractivity contribution < 1.29 is 28.6 Å². The maximum atomic E-state index is 12.7.